The number of rotatable bonds is 60. The minimum absolute atomic E-state index is 0.0155. The van der Waals surface area contributed by atoms with E-state index in [4.69, 9.17) is 31.1 Å². The fourth-order valence-corrected chi connectivity index (χ4v) is 18.5. The molecule has 6 rings (SSSR count). The number of Topliss-reactive ketones (excluding diaryl/α,β-unsaturated/α-hetero) is 3. The normalized spacial score (nSPS) is 15.2. The molecule has 4 heterocycles. The molecule has 3 aromatic heterocycles. The zero-order valence-electron chi connectivity index (χ0n) is 79.3. The van der Waals surface area contributed by atoms with Crippen molar-refractivity contribution in [2.24, 2.45) is 41.2 Å². The molecule has 8 amide bonds. The molecule has 1 aliphatic heterocycles. The number of phenolic OH excluding ortho intramolecular Hbond substituents is 1. The molecule has 0 bridgehead atoms. The van der Waals surface area contributed by atoms with Gasteiger partial charge < -0.3 is 98.4 Å². The highest BCUT2D eigenvalue weighted by Crippen LogP contribution is 2.43. The van der Waals surface area contributed by atoms with Crippen LogP contribution in [-0.2, 0) is 99.1 Å². The lowest BCUT2D eigenvalue weighted by Gasteiger charge is -2.39. The number of piperidine rings is 1. The number of likely N-dealkylation sites (N-methyl/N-ethyl adjacent to an activating group) is 1. The van der Waals surface area contributed by atoms with Crippen LogP contribution in [0.15, 0.2) is 64.9 Å². The van der Waals surface area contributed by atoms with E-state index in [2.05, 4.69) is 73.0 Å². The first-order valence-corrected chi connectivity index (χ1v) is 48.5. The predicted molar refractivity (Wildman–Crippen MR) is 509 cm³/mol. The number of aromatic hydroxyl groups is 1. The number of carboxylic acids is 5. The molecule has 1 aliphatic rings. The number of carbonyl (C=O) groups excluding carboxylic acids is 13. The lowest BCUT2D eigenvalue weighted by atomic mass is 9.87. The van der Waals surface area contributed by atoms with Crippen molar-refractivity contribution < 1.29 is 131 Å². The second kappa shape index (κ2) is 56.5. The Bertz CT molecular complexity index is 5280. The third-order valence-electron chi connectivity index (χ3n) is 23.0. The number of aliphatic carboxylic acids is 5. The van der Waals surface area contributed by atoms with Crippen molar-refractivity contribution in [2.45, 2.75) is 244 Å². The van der Waals surface area contributed by atoms with Gasteiger partial charge in [0.1, 0.15) is 40.9 Å². The first-order valence-electron chi connectivity index (χ1n) is 45.3. The molecule has 1 fully saturated rings. The monoisotopic (exact) mass is 2020 g/mol. The van der Waals surface area contributed by atoms with E-state index >= 15 is 4.79 Å². The third kappa shape index (κ3) is 38.3. The van der Waals surface area contributed by atoms with Gasteiger partial charge in [-0.3, -0.25) is 102 Å². The quantitative estimate of drug-likeness (QED) is 0.00368. The molecule has 140 heavy (non-hydrogen) atoms. The average Bonchev–Trinajstić information content (AvgIpc) is 0.998. The van der Waals surface area contributed by atoms with E-state index < -0.39 is 247 Å². The number of phenols is 1. The van der Waals surface area contributed by atoms with Crippen LogP contribution >= 0.6 is 32.9 Å². The predicted octanol–water partition coefficient (Wildman–Crippen LogP) is 4.65. The fourth-order valence-electron chi connectivity index (χ4n) is 15.1. The zero-order chi connectivity index (χ0) is 104. The second-order valence-corrected chi connectivity index (χ2v) is 38.8. The number of nitrogens with zero attached hydrogens (tertiary/aromatic N) is 6. The molecular weight excluding hydrogens is 1890 g/mol. The van der Waals surface area contributed by atoms with Crippen LogP contribution in [0.2, 0.25) is 0 Å². The van der Waals surface area contributed by atoms with Crippen LogP contribution in [0, 0.1) is 40.9 Å². The van der Waals surface area contributed by atoms with Crippen LogP contribution in [-0.4, -0.2) is 264 Å². The molecule has 21 N–H and O–H groups in total. The number of carboxylic acid groups (broad SMARTS) is 5. The molecular formula is C90H125N19O28S3. The average molecular weight is 2020 g/mol. The lowest BCUT2D eigenvalue weighted by Crippen LogP contribution is -2.59. The van der Waals surface area contributed by atoms with Crippen molar-refractivity contribution in [1.29, 1.82) is 5.41 Å². The number of thiazole rings is 1. The number of hydrogen-bond acceptors (Lipinski definition) is 34. The molecule has 13 atom stereocenters. The number of nitrogens with two attached hydrogens (primary N) is 2. The van der Waals surface area contributed by atoms with Crippen molar-refractivity contribution in [3.8, 4) is 5.75 Å². The number of likely N-dealkylation sites (tertiary alicyclic amines) is 1. The molecule has 47 nitrogen and oxygen atoms in total. The van der Waals surface area contributed by atoms with Crippen LogP contribution in [0.4, 0.5) is 16.4 Å². The summed E-state index contributed by atoms with van der Waals surface area (Å²) < 4.78 is 15.4. The number of ketones is 3. The number of aromatic nitrogens is 5. The van der Waals surface area contributed by atoms with Gasteiger partial charge in [0.2, 0.25) is 35.5 Å². The number of hydrazine groups is 1. The number of fused-ring (bicyclic) bond motifs is 1. The largest absolute Gasteiger partial charge is 0.508 e. The molecule has 766 valence electrons. The first kappa shape index (κ1) is 115. The second-order valence-electron chi connectivity index (χ2n) is 34.8. The van der Waals surface area contributed by atoms with E-state index in [1.165, 1.54) is 80.6 Å². The van der Waals surface area contributed by atoms with Gasteiger partial charge in [0.25, 0.3) is 17.4 Å². The summed E-state index contributed by atoms with van der Waals surface area (Å²) in [6, 6.07) is 3.05. The molecule has 0 spiro atoms. The van der Waals surface area contributed by atoms with Gasteiger partial charge in [-0.05, 0) is 133 Å². The third-order valence-corrected chi connectivity index (χ3v) is 27.2. The summed E-state index contributed by atoms with van der Waals surface area (Å²) in [7, 11) is 3.72. The summed E-state index contributed by atoms with van der Waals surface area (Å²) in [5, 5.41) is 87.9. The number of carbonyl (C=O) groups is 18. The summed E-state index contributed by atoms with van der Waals surface area (Å²) in [6.07, 6.45) is -5.63. The Hall–Kier alpha value is -13.5. The maximum absolute atomic E-state index is 15.1. The lowest BCUT2D eigenvalue weighted by molar-refractivity contribution is -0.161. The Balaban J connectivity index is 1.04. The fraction of sp³-hybridized carbons (Fsp3) is 0.556. The first-order chi connectivity index (χ1) is 66.1. The molecule has 50 heteroatoms. The Morgan fingerprint density at radius 2 is 1.37 bits per heavy atom. The molecule has 1 unspecified atom stereocenters. The highest BCUT2D eigenvalue weighted by Gasteiger charge is 2.44. The number of amides is 8. The maximum atomic E-state index is 15.1. The van der Waals surface area contributed by atoms with Gasteiger partial charge in [-0.25, -0.2) is 30.0 Å². The van der Waals surface area contributed by atoms with Crippen LogP contribution < -0.4 is 65.1 Å². The Morgan fingerprint density at radius 3 is 1.98 bits per heavy atom. The molecule has 5 aromatic rings. The number of hydrogen-bond donors (Lipinski definition) is 19. The number of benzene rings is 2. The summed E-state index contributed by atoms with van der Waals surface area (Å²) in [5.74, 6) is -26.2. The number of ether oxygens (including phenoxy) is 3. The Labute approximate surface area is 817 Å². The minimum atomic E-state index is -2.06. The SMILES string of the molecule is CCCC(=O)OCN(C(=O)[C@@H](NC(=O)[C@H]1CCCCN1C)C(C)CC)[C@H](C[C@@H](OC(C)=O)c1nc(C(=O)N[C@@H](Cc2ccc(O)cc2)C[C@H](C)C(=O)NNC(=O)OCCSSC(C)(C)[C@@H](CC(=O)[C@@H](CC(=O)O)NC(=O)[C@@H](CC(=O)O)CC(=O)[C@@H](CCCNC(=N)N)NC(=O)[C@@H](CC(=O)O)CC(=O)CC[C@@H](NC(=O)c2ccc(NCc3cnc4nc(N)[nH]c(=O)c4n3)cc2)C(=O)O)C(=O)O)cs1)C(C)C. The van der Waals surface area contributed by atoms with Gasteiger partial charge in [0.15, 0.2) is 41.5 Å². The number of esters is 2. The van der Waals surface area contributed by atoms with Crippen molar-refractivity contribution >= 4 is 168 Å². The summed E-state index contributed by atoms with van der Waals surface area (Å²) in [6.45, 7) is 14.5. The highest BCUT2D eigenvalue weighted by atomic mass is 33.1. The summed E-state index contributed by atoms with van der Waals surface area (Å²) >= 11 is 0.988. The number of anilines is 2. The van der Waals surface area contributed by atoms with Gasteiger partial charge in [0, 0.05) is 97.1 Å². The molecule has 0 saturated carbocycles. The van der Waals surface area contributed by atoms with Crippen molar-refractivity contribution in [3.05, 3.63) is 98.0 Å². The smallest absolute Gasteiger partial charge is 0.426 e. The van der Waals surface area contributed by atoms with Gasteiger partial charge in [0.05, 0.1) is 73.6 Å². The van der Waals surface area contributed by atoms with E-state index in [9.17, 15) is 117 Å². The van der Waals surface area contributed by atoms with E-state index in [0.29, 0.717) is 42.8 Å². The molecule has 0 aliphatic carbocycles. The zero-order valence-corrected chi connectivity index (χ0v) is 81.7. The standard InChI is InChI=1S/C90H125N19O28S3/c1-11-16-72(121)136-45-109(84(129)73(47(5)12-2)103-81(127)64-18-13-14-30-108(64)10)65(46(3)4)41-68(137-49(7)110)83-102-63(44-138-83)80(126)98-55(34-50-19-25-57(111)26-20-50)33-48(6)76(122)106-107-89(134)135-31-32-139-140-90(8,9)59(85(130)131)39-67(114)62(40-71(119)120)101-79(125)53(38-70(117)118)36-66(113)60(17-15-29-94-87(91)92)99-78(124)52(37-69(115)116)35-58(112)27-28-61(86(132)133)100-77(123)51-21-23-54(24-22-51)95-42-56-43-96-75-74(97-56)82(128)105-88(93)104-75/h19-26,43-44,46-48,52-53,55,59-62,64-65,68,73,95,111H,11-18,27-42,45H2,1-10H3,(H,98,126)(H,99,124)(H,100,123)(H,101,125)(H,103,127)(H,106,122)(H,107,134)(H,115,116)(H,117,118)(H,119,120)(H,130,131)(H,132,133)(H4,91,92,94)(H3,93,96,104,105,128)/t47?,48-,52+,53+,55+,59-,60+,61+,62+,64+,65+,68+,73-/m0/s1. The van der Waals surface area contributed by atoms with Crippen LogP contribution in [0.5, 0.6) is 5.75 Å². The number of guanidine groups is 1. The van der Waals surface area contributed by atoms with Crippen molar-refractivity contribution in [2.75, 3.05) is 50.3 Å². The number of H-pyrrole nitrogens is 1. The van der Waals surface area contributed by atoms with E-state index in [1.54, 1.807) is 19.1 Å². The Kier molecular flexibility index (Phi) is 46.5. The minimum Gasteiger partial charge on any atom is -0.508 e. The summed E-state index contributed by atoms with van der Waals surface area (Å²) in [5.41, 5.74) is 16.1. The van der Waals surface area contributed by atoms with Gasteiger partial charge >= 0.3 is 47.9 Å². The molecule has 2 aromatic carbocycles. The number of nitrogen functional groups attached to an aromatic ring is 1. The van der Waals surface area contributed by atoms with Gasteiger partial charge in [-0.15, -0.1) is 11.3 Å². The number of nitrogens with one attached hydrogen (secondary N) is 11. The highest BCUT2D eigenvalue weighted by molar-refractivity contribution is 8.77. The van der Waals surface area contributed by atoms with Crippen LogP contribution in [0.1, 0.15) is 221 Å². The van der Waals surface area contributed by atoms with E-state index in [0.717, 1.165) is 45.8 Å². The maximum Gasteiger partial charge on any atom is 0.426 e. The van der Waals surface area contributed by atoms with Gasteiger partial charge in [-0.2, -0.15) is 4.98 Å². The van der Waals surface area contributed by atoms with E-state index in [1.807, 2.05) is 39.6 Å². The van der Waals surface area contributed by atoms with E-state index in [-0.39, 0.29) is 121 Å². The van der Waals surface area contributed by atoms with Crippen LogP contribution in [0.3, 0.4) is 0 Å². The van der Waals surface area contributed by atoms with Gasteiger partial charge in [-0.1, -0.05) is 88.1 Å². The number of aromatic amines is 1. The Morgan fingerprint density at radius 1 is 0.721 bits per heavy atom. The summed E-state index contributed by atoms with van der Waals surface area (Å²) in [4.78, 5) is 277. The molecule has 1 saturated heterocycles. The van der Waals surface area contributed by atoms with Crippen molar-refractivity contribution in [1.82, 2.24) is 77.5 Å². The topological polar surface area (TPSA) is 731 Å². The van der Waals surface area contributed by atoms with Crippen molar-refractivity contribution in [3.63, 3.8) is 0 Å². The molecule has 0 radical (unpaired) electrons. The van der Waals surface area contributed by atoms with Crippen LogP contribution in [0.25, 0.3) is 11.2 Å².